The first-order chi connectivity index (χ1) is 16.8. The predicted molar refractivity (Wildman–Crippen MR) is 142 cm³/mol. The minimum Gasteiger partial charge on any atom is -0.384 e. The molecule has 1 aromatic carbocycles. The smallest absolute Gasteiger partial charge is 0.124 e. The average Bonchev–Trinajstić information content (AvgIpc) is 3.22. The predicted octanol–water partition coefficient (Wildman–Crippen LogP) is 7.05. The number of fused-ring (bicyclic) bond motifs is 1. The molecule has 186 valence electrons. The largest absolute Gasteiger partial charge is 0.384 e. The van der Waals surface area contributed by atoms with Gasteiger partial charge in [-0.25, -0.2) is 8.78 Å². The number of allylic oxidation sites excluding steroid dienone is 4. The number of hydrogen-bond acceptors (Lipinski definition) is 5. The third-order valence-electron chi connectivity index (χ3n) is 6.36. The lowest BCUT2D eigenvalue weighted by atomic mass is 9.89. The van der Waals surface area contributed by atoms with Crippen LogP contribution >= 0.6 is 23.4 Å². The summed E-state index contributed by atoms with van der Waals surface area (Å²) in [5.74, 6) is 0.683. The number of nitrogens with zero attached hydrogens (tertiary/aromatic N) is 2. The zero-order valence-electron chi connectivity index (χ0n) is 19.9. The van der Waals surface area contributed by atoms with Crippen molar-refractivity contribution in [3.05, 3.63) is 81.7 Å². The number of nitrogens with one attached hydrogen (secondary N) is 1. The number of methoxy groups -OCH3 is 1. The molecule has 35 heavy (non-hydrogen) atoms. The van der Waals surface area contributed by atoms with Crippen LogP contribution in [0.3, 0.4) is 0 Å². The lowest BCUT2D eigenvalue weighted by Gasteiger charge is -2.37. The second-order valence-corrected chi connectivity index (χ2v) is 10.6. The number of halogens is 3. The molecule has 0 radical (unpaired) electrons. The number of thioether (sulfide) groups is 1. The van der Waals surface area contributed by atoms with Gasteiger partial charge in [-0.1, -0.05) is 42.0 Å². The van der Waals surface area contributed by atoms with Crippen molar-refractivity contribution >= 4 is 34.9 Å². The molecule has 0 amide bonds. The van der Waals surface area contributed by atoms with Gasteiger partial charge < -0.3 is 15.0 Å². The van der Waals surface area contributed by atoms with E-state index in [2.05, 4.69) is 23.0 Å². The van der Waals surface area contributed by atoms with E-state index in [1.807, 2.05) is 0 Å². The Morgan fingerprint density at radius 1 is 1.46 bits per heavy atom. The highest BCUT2D eigenvalue weighted by Crippen LogP contribution is 2.45. The molecule has 0 aromatic heterocycles. The summed E-state index contributed by atoms with van der Waals surface area (Å²) in [6.45, 7) is 7.10. The van der Waals surface area contributed by atoms with Crippen LogP contribution in [0.5, 0.6) is 0 Å². The van der Waals surface area contributed by atoms with E-state index in [0.717, 1.165) is 30.1 Å². The van der Waals surface area contributed by atoms with Gasteiger partial charge in [0.1, 0.15) is 23.9 Å². The van der Waals surface area contributed by atoms with E-state index in [9.17, 15) is 8.78 Å². The van der Waals surface area contributed by atoms with E-state index in [4.69, 9.17) is 26.7 Å². The first-order valence-electron chi connectivity index (χ1n) is 11.7. The molecule has 0 spiro atoms. The standard InChI is InChI=1S/C27H30ClF2N3OS/c1-16-6-5-11-35-26(16)27-32-25(20-10-9-19(30)13-21(20)28)24(22(31)8-4-7-17(2)29)23-12-18(15-34-3)14-33(23)27/h4-5,8-11,13,17-18,25-26,31H,1,6-7,12,14-15H2,2-3H3/b8-4-,31-22?/t17?,18-,25-,26?/m0/s1. The molecule has 0 bridgehead atoms. The molecule has 3 heterocycles. The second kappa shape index (κ2) is 11.2. The summed E-state index contributed by atoms with van der Waals surface area (Å²) in [6, 6.07) is 3.72. The molecule has 1 fully saturated rings. The van der Waals surface area contributed by atoms with Crippen molar-refractivity contribution < 1.29 is 13.5 Å². The van der Waals surface area contributed by atoms with Crippen molar-refractivity contribution in [2.24, 2.45) is 10.9 Å². The zero-order valence-corrected chi connectivity index (χ0v) is 21.5. The lowest BCUT2D eigenvalue weighted by Crippen LogP contribution is -2.41. The van der Waals surface area contributed by atoms with Gasteiger partial charge in [-0.15, -0.1) is 11.8 Å². The number of benzene rings is 1. The molecule has 4 rings (SSSR count). The van der Waals surface area contributed by atoms with Crippen molar-refractivity contribution in [2.75, 3.05) is 20.3 Å². The van der Waals surface area contributed by atoms with Gasteiger partial charge in [0.05, 0.1) is 17.6 Å². The number of alkyl halides is 1. The molecule has 8 heteroatoms. The van der Waals surface area contributed by atoms with Gasteiger partial charge in [0.15, 0.2) is 0 Å². The zero-order chi connectivity index (χ0) is 25.1. The fourth-order valence-corrected chi connectivity index (χ4v) is 6.01. The summed E-state index contributed by atoms with van der Waals surface area (Å²) in [4.78, 5) is 7.38. The molecule has 4 nitrogen and oxygen atoms in total. The van der Waals surface area contributed by atoms with E-state index in [1.54, 1.807) is 37.1 Å². The molecule has 0 saturated carbocycles. The lowest BCUT2D eigenvalue weighted by molar-refractivity contribution is 0.157. The van der Waals surface area contributed by atoms with Crippen molar-refractivity contribution in [3.8, 4) is 0 Å². The second-order valence-electron chi connectivity index (χ2n) is 9.13. The van der Waals surface area contributed by atoms with Gasteiger partial charge in [0.25, 0.3) is 0 Å². The Bertz CT molecular complexity index is 1130. The van der Waals surface area contributed by atoms with Crippen LogP contribution in [0, 0.1) is 17.1 Å². The quantitative estimate of drug-likeness (QED) is 0.297. The number of amidine groups is 1. The first-order valence-corrected chi connectivity index (χ1v) is 13.0. The normalized spacial score (nSPS) is 25.3. The number of aliphatic imine (C=N–C) groups is 1. The van der Waals surface area contributed by atoms with Crippen LogP contribution in [-0.2, 0) is 4.74 Å². The Kier molecular flexibility index (Phi) is 8.30. The SMILES string of the molecule is C=C1CC=CSC1C1=N[C@@H](c2ccc(F)cc2Cl)C(C(=N)/C=C\CC(C)F)=C2C[C@H](COC)CN12. The van der Waals surface area contributed by atoms with Gasteiger partial charge >= 0.3 is 0 Å². The van der Waals surface area contributed by atoms with Crippen LogP contribution in [-0.4, -0.2) is 48.1 Å². The molecule has 0 aliphatic carbocycles. The van der Waals surface area contributed by atoms with Crippen LogP contribution in [0.1, 0.15) is 37.8 Å². The third kappa shape index (κ3) is 5.63. The third-order valence-corrected chi connectivity index (χ3v) is 7.86. The Balaban J connectivity index is 1.85. The van der Waals surface area contributed by atoms with Gasteiger partial charge in [-0.2, -0.15) is 0 Å². The summed E-state index contributed by atoms with van der Waals surface area (Å²) in [5, 5.41) is 11.3. The monoisotopic (exact) mass is 517 g/mol. The van der Waals surface area contributed by atoms with E-state index in [0.29, 0.717) is 24.2 Å². The highest BCUT2D eigenvalue weighted by molar-refractivity contribution is 8.03. The summed E-state index contributed by atoms with van der Waals surface area (Å²) in [6.07, 6.45) is 6.13. The van der Waals surface area contributed by atoms with E-state index in [1.165, 1.54) is 19.1 Å². The van der Waals surface area contributed by atoms with Crippen molar-refractivity contribution in [1.29, 1.82) is 5.41 Å². The Hall–Kier alpha value is -2.22. The Labute approximate surface area is 215 Å². The summed E-state index contributed by atoms with van der Waals surface area (Å²) in [7, 11) is 1.69. The minimum absolute atomic E-state index is 0.0309. The summed E-state index contributed by atoms with van der Waals surface area (Å²) < 4.78 is 32.8. The number of hydrogen-bond donors (Lipinski definition) is 1. The number of rotatable bonds is 8. The van der Waals surface area contributed by atoms with Crippen LogP contribution < -0.4 is 0 Å². The fraction of sp³-hybridized carbons (Fsp3) is 0.407. The topological polar surface area (TPSA) is 48.7 Å². The van der Waals surface area contributed by atoms with Gasteiger partial charge in [0.2, 0.25) is 0 Å². The Morgan fingerprint density at radius 3 is 2.94 bits per heavy atom. The van der Waals surface area contributed by atoms with Crippen molar-refractivity contribution in [3.63, 3.8) is 0 Å². The van der Waals surface area contributed by atoms with Crippen LogP contribution in [0.25, 0.3) is 0 Å². The van der Waals surface area contributed by atoms with Gasteiger partial charge in [-0.05, 0) is 49.8 Å². The summed E-state index contributed by atoms with van der Waals surface area (Å²) >= 11 is 8.19. The molecule has 4 atom stereocenters. The van der Waals surface area contributed by atoms with Crippen LogP contribution in [0.4, 0.5) is 8.78 Å². The van der Waals surface area contributed by atoms with Gasteiger partial charge in [-0.3, -0.25) is 4.99 Å². The number of ether oxygens (including phenoxy) is 1. The highest BCUT2D eigenvalue weighted by Gasteiger charge is 2.42. The molecule has 2 unspecified atom stereocenters. The molecular weight excluding hydrogens is 488 g/mol. The minimum atomic E-state index is -0.994. The molecule has 3 aliphatic rings. The fourth-order valence-electron chi connectivity index (χ4n) is 4.78. The van der Waals surface area contributed by atoms with E-state index >= 15 is 0 Å². The average molecular weight is 518 g/mol. The molecule has 1 saturated heterocycles. The van der Waals surface area contributed by atoms with E-state index in [-0.39, 0.29) is 28.3 Å². The van der Waals surface area contributed by atoms with Crippen molar-refractivity contribution in [1.82, 2.24) is 4.90 Å². The van der Waals surface area contributed by atoms with E-state index < -0.39 is 18.0 Å². The van der Waals surface area contributed by atoms with Crippen LogP contribution in [0.15, 0.2) is 70.2 Å². The molecule has 1 N–H and O–H groups in total. The van der Waals surface area contributed by atoms with Crippen molar-refractivity contribution in [2.45, 2.75) is 43.6 Å². The molecule has 3 aliphatic heterocycles. The Morgan fingerprint density at radius 2 is 2.26 bits per heavy atom. The molecular formula is C27H30ClF2N3OS. The maximum Gasteiger partial charge on any atom is 0.124 e. The highest BCUT2D eigenvalue weighted by atomic mass is 35.5. The maximum atomic E-state index is 13.9. The van der Waals surface area contributed by atoms with Gasteiger partial charge in [0, 0.05) is 41.4 Å². The summed E-state index contributed by atoms with van der Waals surface area (Å²) in [5.41, 5.74) is 3.66. The van der Waals surface area contributed by atoms with Crippen LogP contribution in [0.2, 0.25) is 5.02 Å². The first kappa shape index (κ1) is 25.9. The molecule has 1 aromatic rings. The maximum absolute atomic E-state index is 13.9.